The summed E-state index contributed by atoms with van der Waals surface area (Å²) in [5.41, 5.74) is 2.13. The van der Waals surface area contributed by atoms with Gasteiger partial charge in [-0.1, -0.05) is 12.1 Å². The van der Waals surface area contributed by atoms with Gasteiger partial charge in [-0.3, -0.25) is 4.68 Å². The highest BCUT2D eigenvalue weighted by Gasteiger charge is 2.18. The lowest BCUT2D eigenvalue weighted by Gasteiger charge is -2.15. The second kappa shape index (κ2) is 5.58. The Morgan fingerprint density at radius 2 is 2.22 bits per heavy atom. The third-order valence-corrected chi connectivity index (χ3v) is 3.96. The zero-order valence-corrected chi connectivity index (χ0v) is 12.1. The van der Waals surface area contributed by atoms with Gasteiger partial charge in [0.2, 0.25) is 0 Å². The second-order valence-electron chi connectivity index (χ2n) is 4.38. The second-order valence-corrected chi connectivity index (χ2v) is 5.62. The molecule has 0 radical (unpaired) electrons. The van der Waals surface area contributed by atoms with Crippen molar-refractivity contribution in [1.29, 1.82) is 0 Å². The van der Waals surface area contributed by atoms with Crippen molar-refractivity contribution < 1.29 is 0 Å². The highest BCUT2D eigenvalue weighted by Crippen LogP contribution is 2.26. The molecule has 5 nitrogen and oxygen atoms in total. The zero-order valence-electron chi connectivity index (χ0n) is 11.3. The number of aryl methyl sites for hydroxylation is 3. The van der Waals surface area contributed by atoms with Crippen molar-refractivity contribution >= 4 is 11.3 Å². The molecule has 2 rings (SSSR count). The van der Waals surface area contributed by atoms with E-state index in [0.717, 1.165) is 29.4 Å². The SMILES string of the molecule is CCNC(Cc1cn(C)nn1)c1sc(C)nc1C. The molecule has 0 saturated carbocycles. The van der Waals surface area contributed by atoms with Crippen LogP contribution >= 0.6 is 11.3 Å². The van der Waals surface area contributed by atoms with Crippen molar-refractivity contribution in [2.45, 2.75) is 33.2 Å². The van der Waals surface area contributed by atoms with Crippen molar-refractivity contribution in [3.63, 3.8) is 0 Å². The average molecular weight is 265 g/mol. The summed E-state index contributed by atoms with van der Waals surface area (Å²) < 4.78 is 1.74. The van der Waals surface area contributed by atoms with Crippen LogP contribution in [-0.2, 0) is 13.5 Å². The minimum atomic E-state index is 0.276. The Kier molecular flexibility index (Phi) is 4.08. The number of nitrogens with one attached hydrogen (secondary N) is 1. The molecule has 0 bridgehead atoms. The lowest BCUT2D eigenvalue weighted by molar-refractivity contribution is 0.548. The fourth-order valence-corrected chi connectivity index (χ4v) is 3.08. The van der Waals surface area contributed by atoms with E-state index in [1.165, 1.54) is 4.88 Å². The van der Waals surface area contributed by atoms with Gasteiger partial charge in [0.05, 0.1) is 16.4 Å². The minimum Gasteiger partial charge on any atom is -0.309 e. The minimum absolute atomic E-state index is 0.276. The summed E-state index contributed by atoms with van der Waals surface area (Å²) in [6.45, 7) is 7.17. The number of aromatic nitrogens is 4. The molecule has 0 aliphatic carbocycles. The van der Waals surface area contributed by atoms with Crippen LogP contribution in [0.2, 0.25) is 0 Å². The number of hydrogen-bond acceptors (Lipinski definition) is 5. The Morgan fingerprint density at radius 1 is 1.44 bits per heavy atom. The van der Waals surface area contributed by atoms with Gasteiger partial charge in [0.1, 0.15) is 0 Å². The molecular weight excluding hydrogens is 246 g/mol. The molecule has 2 aromatic rings. The summed E-state index contributed by atoms with van der Waals surface area (Å²) in [5, 5.41) is 12.8. The van der Waals surface area contributed by atoms with Gasteiger partial charge in [-0.25, -0.2) is 4.98 Å². The fourth-order valence-electron chi connectivity index (χ4n) is 2.07. The molecule has 18 heavy (non-hydrogen) atoms. The van der Waals surface area contributed by atoms with E-state index in [-0.39, 0.29) is 6.04 Å². The van der Waals surface area contributed by atoms with Gasteiger partial charge in [-0.15, -0.1) is 16.4 Å². The first kappa shape index (κ1) is 13.2. The summed E-state index contributed by atoms with van der Waals surface area (Å²) in [4.78, 5) is 5.80. The molecule has 0 aliphatic heterocycles. The van der Waals surface area contributed by atoms with Crippen LogP contribution < -0.4 is 5.32 Å². The molecule has 2 aromatic heterocycles. The van der Waals surface area contributed by atoms with E-state index in [9.17, 15) is 0 Å². The summed E-state index contributed by atoms with van der Waals surface area (Å²) in [6, 6.07) is 0.276. The summed E-state index contributed by atoms with van der Waals surface area (Å²) in [7, 11) is 1.89. The third-order valence-electron chi connectivity index (χ3n) is 2.77. The van der Waals surface area contributed by atoms with E-state index in [4.69, 9.17) is 0 Å². The Labute approximate surface area is 111 Å². The van der Waals surface area contributed by atoms with E-state index >= 15 is 0 Å². The Balaban J connectivity index is 2.20. The summed E-state index contributed by atoms with van der Waals surface area (Å²) in [6.07, 6.45) is 2.82. The summed E-state index contributed by atoms with van der Waals surface area (Å²) in [5.74, 6) is 0. The number of thiazole rings is 1. The predicted molar refractivity (Wildman–Crippen MR) is 72.7 cm³/mol. The van der Waals surface area contributed by atoms with Crippen molar-refractivity contribution in [2.75, 3.05) is 6.54 Å². The Hall–Kier alpha value is -1.27. The van der Waals surface area contributed by atoms with Crippen LogP contribution in [0.5, 0.6) is 0 Å². The van der Waals surface area contributed by atoms with Gasteiger partial charge in [-0.05, 0) is 20.4 Å². The van der Waals surface area contributed by atoms with Crippen molar-refractivity contribution in [2.24, 2.45) is 7.05 Å². The molecule has 0 fully saturated rings. The van der Waals surface area contributed by atoms with Crippen molar-refractivity contribution in [1.82, 2.24) is 25.3 Å². The van der Waals surface area contributed by atoms with E-state index in [2.05, 4.69) is 34.5 Å². The van der Waals surface area contributed by atoms with Crippen LogP contribution in [0.3, 0.4) is 0 Å². The van der Waals surface area contributed by atoms with Gasteiger partial charge < -0.3 is 5.32 Å². The zero-order chi connectivity index (χ0) is 13.1. The molecule has 0 aromatic carbocycles. The molecule has 2 heterocycles. The van der Waals surface area contributed by atoms with E-state index in [0.29, 0.717) is 0 Å². The monoisotopic (exact) mass is 265 g/mol. The van der Waals surface area contributed by atoms with Crippen molar-refractivity contribution in [3.8, 4) is 0 Å². The van der Waals surface area contributed by atoms with E-state index in [1.54, 1.807) is 16.0 Å². The Bertz CT molecular complexity index is 516. The number of nitrogens with zero attached hydrogens (tertiary/aromatic N) is 4. The maximum Gasteiger partial charge on any atom is 0.0900 e. The number of hydrogen-bond donors (Lipinski definition) is 1. The first-order valence-corrected chi connectivity index (χ1v) is 6.94. The average Bonchev–Trinajstić information content (AvgIpc) is 2.84. The highest BCUT2D eigenvalue weighted by molar-refractivity contribution is 7.11. The molecule has 1 atom stereocenters. The Morgan fingerprint density at radius 3 is 2.72 bits per heavy atom. The lowest BCUT2D eigenvalue weighted by Crippen LogP contribution is -2.23. The van der Waals surface area contributed by atoms with E-state index < -0.39 is 0 Å². The standard InChI is InChI=1S/C12H19N5S/c1-5-13-11(6-10-7-17(4)16-15-10)12-8(2)14-9(3)18-12/h7,11,13H,5-6H2,1-4H3. The predicted octanol–water partition coefficient (Wildman–Crippen LogP) is 1.78. The van der Waals surface area contributed by atoms with Crippen LogP contribution in [0.1, 0.15) is 34.2 Å². The van der Waals surface area contributed by atoms with Crippen LogP contribution in [0, 0.1) is 13.8 Å². The van der Waals surface area contributed by atoms with Crippen LogP contribution in [0.15, 0.2) is 6.20 Å². The van der Waals surface area contributed by atoms with Gasteiger partial charge in [0.25, 0.3) is 0 Å². The molecular formula is C12H19N5S. The largest absolute Gasteiger partial charge is 0.309 e. The maximum atomic E-state index is 4.50. The van der Waals surface area contributed by atoms with Crippen LogP contribution in [0.25, 0.3) is 0 Å². The van der Waals surface area contributed by atoms with Crippen molar-refractivity contribution in [3.05, 3.63) is 27.5 Å². The number of likely N-dealkylation sites (N-methyl/N-ethyl adjacent to an activating group) is 1. The first-order valence-electron chi connectivity index (χ1n) is 6.12. The molecule has 0 amide bonds. The molecule has 0 saturated heterocycles. The fraction of sp³-hybridized carbons (Fsp3) is 0.583. The molecule has 0 spiro atoms. The van der Waals surface area contributed by atoms with Gasteiger partial charge in [0, 0.05) is 30.6 Å². The highest BCUT2D eigenvalue weighted by atomic mass is 32.1. The van der Waals surface area contributed by atoms with Crippen LogP contribution in [-0.4, -0.2) is 26.5 Å². The topological polar surface area (TPSA) is 55.6 Å². The normalized spacial score (nSPS) is 12.9. The van der Waals surface area contributed by atoms with Crippen LogP contribution in [0.4, 0.5) is 0 Å². The lowest BCUT2D eigenvalue weighted by atomic mass is 10.1. The maximum absolute atomic E-state index is 4.50. The quantitative estimate of drug-likeness (QED) is 0.895. The smallest absolute Gasteiger partial charge is 0.0900 e. The molecule has 1 unspecified atom stereocenters. The third kappa shape index (κ3) is 2.94. The molecule has 0 aliphatic rings. The van der Waals surface area contributed by atoms with Gasteiger partial charge in [0.15, 0.2) is 0 Å². The molecule has 98 valence electrons. The number of rotatable bonds is 5. The van der Waals surface area contributed by atoms with Gasteiger partial charge >= 0.3 is 0 Å². The summed E-state index contributed by atoms with van der Waals surface area (Å²) >= 11 is 1.76. The van der Waals surface area contributed by atoms with Gasteiger partial charge in [-0.2, -0.15) is 0 Å². The molecule has 1 N–H and O–H groups in total. The molecule has 6 heteroatoms. The first-order chi connectivity index (χ1) is 8.60. The van der Waals surface area contributed by atoms with E-state index in [1.807, 2.05) is 20.2 Å².